The second-order valence-electron chi connectivity index (χ2n) is 4.91. The molecule has 1 N–H and O–H groups in total. The number of rotatable bonds is 5. The van der Waals surface area contributed by atoms with E-state index in [0.717, 1.165) is 32.5 Å². The molecule has 5 nitrogen and oxygen atoms in total. The SMILES string of the molecule is CCOC(=O)C1CNCCN1C1CC(OCC)C1. The Bertz CT molecular complexity index is 279. The largest absolute Gasteiger partial charge is 0.465 e. The summed E-state index contributed by atoms with van der Waals surface area (Å²) in [5.74, 6) is -0.0930. The van der Waals surface area contributed by atoms with Crippen LogP contribution in [0.25, 0.3) is 0 Å². The smallest absolute Gasteiger partial charge is 0.324 e. The summed E-state index contributed by atoms with van der Waals surface area (Å²) in [4.78, 5) is 14.2. The highest BCUT2D eigenvalue weighted by molar-refractivity contribution is 5.76. The summed E-state index contributed by atoms with van der Waals surface area (Å²) < 4.78 is 10.7. The van der Waals surface area contributed by atoms with Crippen molar-refractivity contribution in [1.29, 1.82) is 0 Å². The molecule has 0 aromatic carbocycles. The Morgan fingerprint density at radius 1 is 1.33 bits per heavy atom. The van der Waals surface area contributed by atoms with Crippen LogP contribution in [0, 0.1) is 0 Å². The second kappa shape index (κ2) is 6.50. The van der Waals surface area contributed by atoms with Gasteiger partial charge in [0.25, 0.3) is 0 Å². The highest BCUT2D eigenvalue weighted by Crippen LogP contribution is 2.30. The fourth-order valence-corrected chi connectivity index (χ4v) is 2.79. The molecule has 1 saturated heterocycles. The lowest BCUT2D eigenvalue weighted by Gasteiger charge is -2.47. The molecule has 5 heteroatoms. The third-order valence-corrected chi connectivity index (χ3v) is 3.78. The van der Waals surface area contributed by atoms with Crippen LogP contribution < -0.4 is 5.32 Å². The molecule has 2 rings (SSSR count). The van der Waals surface area contributed by atoms with Crippen LogP contribution in [0.15, 0.2) is 0 Å². The Morgan fingerprint density at radius 3 is 2.78 bits per heavy atom. The fourth-order valence-electron chi connectivity index (χ4n) is 2.79. The van der Waals surface area contributed by atoms with Gasteiger partial charge in [0.1, 0.15) is 6.04 Å². The van der Waals surface area contributed by atoms with Crippen LogP contribution >= 0.6 is 0 Å². The van der Waals surface area contributed by atoms with Gasteiger partial charge in [-0.25, -0.2) is 0 Å². The Labute approximate surface area is 109 Å². The summed E-state index contributed by atoms with van der Waals surface area (Å²) in [6.07, 6.45) is 2.48. The van der Waals surface area contributed by atoms with Crippen LogP contribution in [-0.2, 0) is 14.3 Å². The molecule has 0 spiro atoms. The molecule has 1 heterocycles. The van der Waals surface area contributed by atoms with Gasteiger partial charge in [0, 0.05) is 32.3 Å². The van der Waals surface area contributed by atoms with Crippen molar-refractivity contribution in [2.75, 3.05) is 32.8 Å². The van der Waals surface area contributed by atoms with Gasteiger partial charge in [-0.2, -0.15) is 0 Å². The van der Waals surface area contributed by atoms with Crippen LogP contribution in [0.2, 0.25) is 0 Å². The normalized spacial score (nSPS) is 32.9. The average Bonchev–Trinajstić information content (AvgIpc) is 2.34. The number of carbonyl (C=O) groups is 1. The van der Waals surface area contributed by atoms with E-state index >= 15 is 0 Å². The van der Waals surface area contributed by atoms with E-state index in [4.69, 9.17) is 9.47 Å². The van der Waals surface area contributed by atoms with Crippen molar-refractivity contribution in [2.24, 2.45) is 0 Å². The maximum Gasteiger partial charge on any atom is 0.324 e. The molecule has 1 aliphatic heterocycles. The van der Waals surface area contributed by atoms with Gasteiger partial charge < -0.3 is 14.8 Å². The van der Waals surface area contributed by atoms with Gasteiger partial charge in [0.05, 0.1) is 12.7 Å². The first-order chi connectivity index (χ1) is 8.76. The van der Waals surface area contributed by atoms with Crippen LogP contribution in [0.5, 0.6) is 0 Å². The summed E-state index contributed by atoms with van der Waals surface area (Å²) in [5.41, 5.74) is 0. The Hall–Kier alpha value is -0.650. The second-order valence-corrected chi connectivity index (χ2v) is 4.91. The molecule has 104 valence electrons. The summed E-state index contributed by atoms with van der Waals surface area (Å²) in [6.45, 7) is 7.69. The quantitative estimate of drug-likeness (QED) is 0.721. The van der Waals surface area contributed by atoms with E-state index in [1.807, 2.05) is 13.8 Å². The van der Waals surface area contributed by atoms with E-state index in [0.29, 0.717) is 25.3 Å². The van der Waals surface area contributed by atoms with E-state index < -0.39 is 0 Å². The van der Waals surface area contributed by atoms with Crippen molar-refractivity contribution in [3.63, 3.8) is 0 Å². The van der Waals surface area contributed by atoms with E-state index in [-0.39, 0.29) is 12.0 Å². The number of hydrogen-bond donors (Lipinski definition) is 1. The molecule has 1 unspecified atom stereocenters. The first kappa shape index (κ1) is 13.8. The lowest BCUT2D eigenvalue weighted by molar-refractivity contribution is -0.154. The molecular weight excluding hydrogens is 232 g/mol. The number of ether oxygens (including phenoxy) is 2. The van der Waals surface area contributed by atoms with Gasteiger partial charge >= 0.3 is 5.97 Å². The maximum atomic E-state index is 11.9. The first-order valence-corrected chi connectivity index (χ1v) is 7.01. The summed E-state index contributed by atoms with van der Waals surface area (Å²) in [6, 6.07) is 0.365. The summed E-state index contributed by atoms with van der Waals surface area (Å²) in [7, 11) is 0. The predicted octanol–water partition coefficient (Wildman–Crippen LogP) is 0.391. The molecule has 0 bridgehead atoms. The predicted molar refractivity (Wildman–Crippen MR) is 68.4 cm³/mol. The van der Waals surface area contributed by atoms with Gasteiger partial charge in [-0.15, -0.1) is 0 Å². The van der Waals surface area contributed by atoms with Crippen molar-refractivity contribution in [3.05, 3.63) is 0 Å². The molecule has 18 heavy (non-hydrogen) atoms. The number of hydrogen-bond acceptors (Lipinski definition) is 5. The Kier molecular flexibility index (Phi) is 4.97. The van der Waals surface area contributed by atoms with Crippen LogP contribution in [0.4, 0.5) is 0 Å². The fraction of sp³-hybridized carbons (Fsp3) is 0.923. The van der Waals surface area contributed by atoms with Crippen LogP contribution in [0.3, 0.4) is 0 Å². The number of esters is 1. The van der Waals surface area contributed by atoms with Crippen molar-refractivity contribution in [1.82, 2.24) is 10.2 Å². The Balaban J connectivity index is 1.87. The van der Waals surface area contributed by atoms with Gasteiger partial charge in [-0.05, 0) is 26.7 Å². The zero-order valence-corrected chi connectivity index (χ0v) is 11.4. The van der Waals surface area contributed by atoms with Gasteiger partial charge in [-0.3, -0.25) is 9.69 Å². The minimum Gasteiger partial charge on any atom is -0.465 e. The highest BCUT2D eigenvalue weighted by Gasteiger charge is 2.41. The summed E-state index contributed by atoms with van der Waals surface area (Å²) in [5, 5.41) is 3.27. The number of nitrogens with one attached hydrogen (secondary N) is 1. The van der Waals surface area contributed by atoms with Crippen LogP contribution in [0.1, 0.15) is 26.7 Å². The average molecular weight is 256 g/mol. The molecule has 0 radical (unpaired) electrons. The van der Waals surface area contributed by atoms with E-state index in [1.165, 1.54) is 0 Å². The molecule has 0 aromatic heterocycles. The van der Waals surface area contributed by atoms with E-state index in [2.05, 4.69) is 10.2 Å². The molecule has 0 aromatic rings. The van der Waals surface area contributed by atoms with E-state index in [9.17, 15) is 4.79 Å². The van der Waals surface area contributed by atoms with Gasteiger partial charge in [0.15, 0.2) is 0 Å². The third kappa shape index (κ3) is 3.02. The minimum absolute atomic E-state index is 0.0930. The Morgan fingerprint density at radius 2 is 2.11 bits per heavy atom. The van der Waals surface area contributed by atoms with Crippen LogP contribution in [-0.4, -0.2) is 61.9 Å². The van der Waals surface area contributed by atoms with Gasteiger partial charge in [0.2, 0.25) is 0 Å². The molecule has 0 amide bonds. The van der Waals surface area contributed by atoms with Crippen molar-refractivity contribution in [2.45, 2.75) is 44.9 Å². The molecule has 2 fully saturated rings. The highest BCUT2D eigenvalue weighted by atomic mass is 16.5. The zero-order valence-electron chi connectivity index (χ0n) is 11.4. The molecule has 2 aliphatic rings. The topological polar surface area (TPSA) is 50.8 Å². The minimum atomic E-state index is -0.119. The third-order valence-electron chi connectivity index (χ3n) is 3.78. The lowest BCUT2D eigenvalue weighted by atomic mass is 9.86. The summed E-state index contributed by atoms with van der Waals surface area (Å²) >= 11 is 0. The zero-order chi connectivity index (χ0) is 13.0. The number of carbonyl (C=O) groups excluding carboxylic acids is 1. The standard InChI is InChI=1S/C13H24N2O3/c1-3-17-11-7-10(8-11)15-6-5-14-9-12(15)13(16)18-4-2/h10-12,14H,3-9H2,1-2H3. The van der Waals surface area contributed by atoms with Gasteiger partial charge in [-0.1, -0.05) is 0 Å². The monoisotopic (exact) mass is 256 g/mol. The van der Waals surface area contributed by atoms with Crippen molar-refractivity contribution >= 4 is 5.97 Å². The number of nitrogens with zero attached hydrogens (tertiary/aromatic N) is 1. The molecule has 1 aliphatic carbocycles. The van der Waals surface area contributed by atoms with Crippen molar-refractivity contribution in [3.8, 4) is 0 Å². The van der Waals surface area contributed by atoms with Crippen molar-refractivity contribution < 1.29 is 14.3 Å². The molecule has 1 atom stereocenters. The lowest BCUT2D eigenvalue weighted by Crippen LogP contribution is -2.62. The maximum absolute atomic E-state index is 11.9. The molecule has 1 saturated carbocycles. The number of piperazine rings is 1. The molecular formula is C13H24N2O3. The first-order valence-electron chi connectivity index (χ1n) is 7.01. The van der Waals surface area contributed by atoms with E-state index in [1.54, 1.807) is 0 Å².